The van der Waals surface area contributed by atoms with Crippen LogP contribution in [0.2, 0.25) is 0 Å². The molecular formula is C26H25N3O3. The number of carbonyl (C=O) groups excluding carboxylic acids is 1. The van der Waals surface area contributed by atoms with Gasteiger partial charge in [0, 0.05) is 24.0 Å². The molecule has 6 heteroatoms. The Bertz CT molecular complexity index is 1200. The number of carbonyl (C=O) groups is 1. The lowest BCUT2D eigenvalue weighted by molar-refractivity contribution is -0.121. The van der Waals surface area contributed by atoms with E-state index in [9.17, 15) is 4.79 Å². The maximum absolute atomic E-state index is 13.0. The van der Waals surface area contributed by atoms with Crippen LogP contribution in [-0.4, -0.2) is 29.2 Å². The lowest BCUT2D eigenvalue weighted by Gasteiger charge is -2.30. The number of piperidine rings is 1. The highest BCUT2D eigenvalue weighted by atomic mass is 16.5. The molecule has 6 nitrogen and oxygen atoms in total. The summed E-state index contributed by atoms with van der Waals surface area (Å²) >= 11 is 0. The topological polar surface area (TPSA) is 68.5 Å². The van der Waals surface area contributed by atoms with Gasteiger partial charge in [-0.2, -0.15) is 4.98 Å². The van der Waals surface area contributed by atoms with Crippen molar-refractivity contribution in [1.29, 1.82) is 0 Å². The second-order valence-electron chi connectivity index (χ2n) is 8.00. The minimum absolute atomic E-state index is 0.0249. The Balaban J connectivity index is 1.18. The van der Waals surface area contributed by atoms with Crippen LogP contribution in [-0.2, 0) is 11.2 Å². The molecule has 1 amide bonds. The standard InChI is InChI=1S/C26H25N3O3/c30-26-22(14-7-17-29(26)20-11-2-1-3-12-20)25-27-24(28-32-25)16-8-18-31-23-15-6-10-19-9-4-5-13-21(19)23/h1-6,9-13,15,22H,7-8,14,16-18H2. The minimum Gasteiger partial charge on any atom is -0.493 e. The average molecular weight is 428 g/mol. The number of ether oxygens (including phenoxy) is 1. The van der Waals surface area contributed by atoms with Crippen molar-refractivity contribution < 1.29 is 14.1 Å². The molecule has 1 aliphatic rings. The van der Waals surface area contributed by atoms with Crippen LogP contribution in [0.1, 0.15) is 36.9 Å². The summed E-state index contributed by atoms with van der Waals surface area (Å²) in [4.78, 5) is 19.4. The van der Waals surface area contributed by atoms with E-state index >= 15 is 0 Å². The van der Waals surface area contributed by atoms with Crippen LogP contribution < -0.4 is 9.64 Å². The lowest BCUT2D eigenvalue weighted by atomic mass is 9.96. The molecule has 1 fully saturated rings. The predicted molar refractivity (Wildman–Crippen MR) is 123 cm³/mol. The zero-order chi connectivity index (χ0) is 21.8. The number of hydrogen-bond donors (Lipinski definition) is 0. The molecule has 0 bridgehead atoms. The molecule has 0 aliphatic carbocycles. The summed E-state index contributed by atoms with van der Waals surface area (Å²) in [6, 6.07) is 24.0. The van der Waals surface area contributed by atoms with Gasteiger partial charge in [0.25, 0.3) is 0 Å². The first kappa shape index (κ1) is 20.2. The van der Waals surface area contributed by atoms with E-state index in [0.29, 0.717) is 31.3 Å². The van der Waals surface area contributed by atoms with Gasteiger partial charge in [0.1, 0.15) is 11.7 Å². The molecule has 1 atom stereocenters. The Labute approximate surface area is 186 Å². The monoisotopic (exact) mass is 427 g/mol. The molecule has 1 aromatic heterocycles. The summed E-state index contributed by atoms with van der Waals surface area (Å²) < 4.78 is 11.5. The van der Waals surface area contributed by atoms with Crippen molar-refractivity contribution in [2.45, 2.75) is 31.6 Å². The van der Waals surface area contributed by atoms with Gasteiger partial charge in [-0.25, -0.2) is 0 Å². The SMILES string of the molecule is O=C1C(c2nc(CCCOc3cccc4ccccc34)no2)CCCN1c1ccccc1. The van der Waals surface area contributed by atoms with Gasteiger partial charge in [-0.1, -0.05) is 59.8 Å². The third kappa shape index (κ3) is 4.21. The molecule has 1 aliphatic heterocycles. The molecule has 32 heavy (non-hydrogen) atoms. The van der Waals surface area contributed by atoms with Crippen LogP contribution in [0.5, 0.6) is 5.75 Å². The Morgan fingerprint density at radius 3 is 2.72 bits per heavy atom. The summed E-state index contributed by atoms with van der Waals surface area (Å²) in [6.45, 7) is 1.27. The number of anilines is 1. The predicted octanol–water partition coefficient (Wildman–Crippen LogP) is 5.15. The third-order valence-corrected chi connectivity index (χ3v) is 5.84. The molecule has 0 saturated carbocycles. The van der Waals surface area contributed by atoms with Gasteiger partial charge in [0.05, 0.1) is 6.61 Å². The van der Waals surface area contributed by atoms with Gasteiger partial charge in [0.2, 0.25) is 11.8 Å². The second kappa shape index (κ2) is 9.22. The average Bonchev–Trinajstić information content (AvgIpc) is 3.31. The molecule has 1 unspecified atom stereocenters. The fraction of sp³-hybridized carbons (Fsp3) is 0.269. The molecule has 3 aromatic carbocycles. The first-order valence-corrected chi connectivity index (χ1v) is 11.1. The van der Waals surface area contributed by atoms with Gasteiger partial charge in [-0.05, 0) is 42.8 Å². The maximum Gasteiger partial charge on any atom is 0.239 e. The van der Waals surface area contributed by atoms with Crippen LogP contribution >= 0.6 is 0 Å². The van der Waals surface area contributed by atoms with Gasteiger partial charge in [-0.3, -0.25) is 4.79 Å². The third-order valence-electron chi connectivity index (χ3n) is 5.84. The zero-order valence-electron chi connectivity index (χ0n) is 17.8. The Kier molecular flexibility index (Phi) is 5.83. The molecule has 0 radical (unpaired) electrons. The largest absolute Gasteiger partial charge is 0.493 e. The van der Waals surface area contributed by atoms with Crippen molar-refractivity contribution in [3.8, 4) is 5.75 Å². The van der Waals surface area contributed by atoms with E-state index < -0.39 is 0 Å². The summed E-state index contributed by atoms with van der Waals surface area (Å²) in [5.41, 5.74) is 0.910. The van der Waals surface area contributed by atoms with Crippen LogP contribution in [0, 0.1) is 0 Å². The molecule has 0 N–H and O–H groups in total. The number of fused-ring (bicyclic) bond motifs is 1. The normalized spacial score (nSPS) is 16.4. The highest BCUT2D eigenvalue weighted by Gasteiger charge is 2.34. The molecule has 162 valence electrons. The fourth-order valence-electron chi connectivity index (χ4n) is 4.21. The van der Waals surface area contributed by atoms with Crippen molar-refractivity contribution in [2.75, 3.05) is 18.1 Å². The number of rotatable bonds is 7. The van der Waals surface area contributed by atoms with Gasteiger partial charge < -0.3 is 14.2 Å². The number of nitrogens with zero attached hydrogens (tertiary/aromatic N) is 3. The van der Waals surface area contributed by atoms with Crippen molar-refractivity contribution in [3.05, 3.63) is 84.5 Å². The quantitative estimate of drug-likeness (QED) is 0.382. The Morgan fingerprint density at radius 2 is 1.81 bits per heavy atom. The van der Waals surface area contributed by atoms with Gasteiger partial charge in [-0.15, -0.1) is 0 Å². The van der Waals surface area contributed by atoms with Crippen molar-refractivity contribution in [1.82, 2.24) is 10.1 Å². The smallest absolute Gasteiger partial charge is 0.239 e. The molecular weight excluding hydrogens is 402 g/mol. The van der Waals surface area contributed by atoms with Crippen molar-refractivity contribution in [3.63, 3.8) is 0 Å². The molecule has 5 rings (SSSR count). The summed E-state index contributed by atoms with van der Waals surface area (Å²) in [6.07, 6.45) is 3.03. The number of aryl methyl sites for hydroxylation is 1. The zero-order valence-corrected chi connectivity index (χ0v) is 17.8. The lowest BCUT2D eigenvalue weighted by Crippen LogP contribution is -2.40. The van der Waals surface area contributed by atoms with Gasteiger partial charge >= 0.3 is 0 Å². The number of aromatic nitrogens is 2. The minimum atomic E-state index is -0.378. The highest BCUT2D eigenvalue weighted by Crippen LogP contribution is 2.30. The van der Waals surface area contributed by atoms with Crippen molar-refractivity contribution >= 4 is 22.4 Å². The van der Waals surface area contributed by atoms with Crippen LogP contribution in [0.25, 0.3) is 10.8 Å². The van der Waals surface area contributed by atoms with E-state index in [1.807, 2.05) is 59.5 Å². The van der Waals surface area contributed by atoms with E-state index in [2.05, 4.69) is 28.3 Å². The fourth-order valence-corrected chi connectivity index (χ4v) is 4.21. The first-order chi connectivity index (χ1) is 15.8. The van der Waals surface area contributed by atoms with Gasteiger partial charge in [0.15, 0.2) is 5.82 Å². The molecule has 2 heterocycles. The summed E-state index contributed by atoms with van der Waals surface area (Å²) in [5, 5.41) is 6.37. The number of amides is 1. The Morgan fingerprint density at radius 1 is 1.00 bits per heavy atom. The first-order valence-electron chi connectivity index (χ1n) is 11.1. The van der Waals surface area contributed by atoms with E-state index in [0.717, 1.165) is 41.5 Å². The maximum atomic E-state index is 13.0. The molecule has 0 spiro atoms. The number of hydrogen-bond acceptors (Lipinski definition) is 5. The number of para-hydroxylation sites is 1. The van der Waals surface area contributed by atoms with E-state index in [1.165, 1.54) is 0 Å². The van der Waals surface area contributed by atoms with Crippen LogP contribution in [0.3, 0.4) is 0 Å². The van der Waals surface area contributed by atoms with E-state index in [1.54, 1.807) is 0 Å². The van der Waals surface area contributed by atoms with E-state index in [-0.39, 0.29) is 11.8 Å². The highest BCUT2D eigenvalue weighted by molar-refractivity contribution is 5.98. The van der Waals surface area contributed by atoms with Crippen molar-refractivity contribution in [2.24, 2.45) is 0 Å². The van der Waals surface area contributed by atoms with Crippen LogP contribution in [0.15, 0.2) is 77.3 Å². The molecule has 1 saturated heterocycles. The van der Waals surface area contributed by atoms with Crippen LogP contribution in [0.4, 0.5) is 5.69 Å². The molecule has 4 aromatic rings. The van der Waals surface area contributed by atoms with E-state index in [4.69, 9.17) is 9.26 Å². The second-order valence-corrected chi connectivity index (χ2v) is 8.00. The number of benzene rings is 3. The Hall–Kier alpha value is -3.67. The summed E-state index contributed by atoms with van der Waals surface area (Å²) in [5.74, 6) is 1.56. The summed E-state index contributed by atoms with van der Waals surface area (Å²) in [7, 11) is 0.